The van der Waals surface area contributed by atoms with Gasteiger partial charge >= 0.3 is 0 Å². The maximum atomic E-state index is 12.2. The van der Waals surface area contributed by atoms with Crippen molar-refractivity contribution in [1.82, 2.24) is 0 Å². The van der Waals surface area contributed by atoms with Gasteiger partial charge in [0.15, 0.2) is 0 Å². The highest BCUT2D eigenvalue weighted by Crippen LogP contribution is 2.28. The number of rotatable bonds is 5. The molecule has 2 aromatic carbocycles. The van der Waals surface area contributed by atoms with E-state index >= 15 is 0 Å². The summed E-state index contributed by atoms with van der Waals surface area (Å²) in [5.41, 5.74) is 2.23. The first-order chi connectivity index (χ1) is 10.1. The van der Waals surface area contributed by atoms with Gasteiger partial charge in [0.1, 0.15) is 5.75 Å². The molecule has 4 nitrogen and oxygen atoms in total. The van der Waals surface area contributed by atoms with E-state index in [4.69, 9.17) is 9.47 Å². The smallest absolute Gasteiger partial charge is 0.255 e. The molecule has 0 radical (unpaired) electrons. The predicted octanol–water partition coefficient (Wildman–Crippen LogP) is 3.86. The Morgan fingerprint density at radius 1 is 1.14 bits per heavy atom. The summed E-state index contributed by atoms with van der Waals surface area (Å²) in [6.07, 6.45) is 0. The molecular weight excluding hydrogens is 334 g/mol. The van der Waals surface area contributed by atoms with E-state index in [-0.39, 0.29) is 5.91 Å². The molecule has 0 fully saturated rings. The second-order valence-electron chi connectivity index (χ2n) is 4.43. The Morgan fingerprint density at radius 3 is 2.48 bits per heavy atom. The van der Waals surface area contributed by atoms with Crippen molar-refractivity contribution in [1.29, 1.82) is 0 Å². The molecule has 0 heterocycles. The number of halogens is 1. The fourth-order valence-corrected chi connectivity index (χ4v) is 2.25. The standard InChI is InChI=1S/C16H16BrNO3/c1-20-10-11-3-5-12(6-4-11)16(19)18-14-9-13(17)7-8-15(14)21-2/h3-9H,10H2,1-2H3,(H,18,19). The number of hydrogen-bond acceptors (Lipinski definition) is 3. The first kappa shape index (κ1) is 15.5. The van der Waals surface area contributed by atoms with E-state index in [1.54, 1.807) is 38.5 Å². The summed E-state index contributed by atoms with van der Waals surface area (Å²) < 4.78 is 11.2. The number of carbonyl (C=O) groups excluding carboxylic acids is 1. The van der Waals surface area contributed by atoms with E-state index in [0.29, 0.717) is 23.6 Å². The molecule has 1 amide bonds. The average Bonchev–Trinajstić information content (AvgIpc) is 2.48. The van der Waals surface area contributed by atoms with E-state index < -0.39 is 0 Å². The van der Waals surface area contributed by atoms with Crippen molar-refractivity contribution in [3.63, 3.8) is 0 Å². The Bertz CT molecular complexity index is 626. The van der Waals surface area contributed by atoms with Crippen molar-refractivity contribution >= 4 is 27.5 Å². The molecule has 1 N–H and O–H groups in total. The topological polar surface area (TPSA) is 47.6 Å². The van der Waals surface area contributed by atoms with E-state index in [1.165, 1.54) is 0 Å². The third-order valence-corrected chi connectivity index (χ3v) is 3.43. The molecule has 0 unspecified atom stereocenters. The van der Waals surface area contributed by atoms with Crippen LogP contribution in [0.4, 0.5) is 5.69 Å². The molecule has 0 spiro atoms. The van der Waals surface area contributed by atoms with Gasteiger partial charge in [-0.1, -0.05) is 28.1 Å². The lowest BCUT2D eigenvalue weighted by Crippen LogP contribution is -2.12. The minimum Gasteiger partial charge on any atom is -0.495 e. The predicted molar refractivity (Wildman–Crippen MR) is 85.8 cm³/mol. The monoisotopic (exact) mass is 349 g/mol. The Morgan fingerprint density at radius 2 is 1.86 bits per heavy atom. The summed E-state index contributed by atoms with van der Waals surface area (Å²) in [5.74, 6) is 0.429. The lowest BCUT2D eigenvalue weighted by atomic mass is 10.1. The number of hydrogen-bond donors (Lipinski definition) is 1. The zero-order chi connectivity index (χ0) is 15.2. The van der Waals surface area contributed by atoms with Crippen LogP contribution in [-0.4, -0.2) is 20.1 Å². The maximum Gasteiger partial charge on any atom is 0.255 e. The third kappa shape index (κ3) is 4.06. The van der Waals surface area contributed by atoms with Gasteiger partial charge in [0.2, 0.25) is 0 Å². The van der Waals surface area contributed by atoms with Gasteiger partial charge in [0, 0.05) is 17.1 Å². The largest absolute Gasteiger partial charge is 0.495 e. The number of benzene rings is 2. The van der Waals surface area contributed by atoms with Gasteiger partial charge in [-0.2, -0.15) is 0 Å². The molecule has 0 aromatic heterocycles. The molecular formula is C16H16BrNO3. The van der Waals surface area contributed by atoms with Crippen LogP contribution in [0.1, 0.15) is 15.9 Å². The molecule has 2 aromatic rings. The summed E-state index contributed by atoms with van der Waals surface area (Å²) in [4.78, 5) is 12.2. The molecule has 21 heavy (non-hydrogen) atoms. The van der Waals surface area contributed by atoms with Crippen molar-refractivity contribution in [3.05, 3.63) is 58.1 Å². The van der Waals surface area contributed by atoms with Crippen LogP contribution in [-0.2, 0) is 11.3 Å². The highest BCUT2D eigenvalue weighted by atomic mass is 79.9. The first-order valence-corrected chi connectivity index (χ1v) is 7.16. The zero-order valence-corrected chi connectivity index (χ0v) is 13.4. The van der Waals surface area contributed by atoms with Crippen LogP contribution in [0.15, 0.2) is 46.9 Å². The quantitative estimate of drug-likeness (QED) is 0.891. The number of methoxy groups -OCH3 is 2. The Kier molecular flexibility index (Phi) is 5.36. The highest BCUT2D eigenvalue weighted by Gasteiger charge is 2.10. The van der Waals surface area contributed by atoms with Crippen LogP contribution in [0.25, 0.3) is 0 Å². The van der Waals surface area contributed by atoms with Gasteiger partial charge in [-0.15, -0.1) is 0 Å². The number of ether oxygens (including phenoxy) is 2. The molecule has 0 aliphatic rings. The third-order valence-electron chi connectivity index (χ3n) is 2.94. The molecule has 5 heteroatoms. The molecule has 0 atom stereocenters. The fraction of sp³-hybridized carbons (Fsp3) is 0.188. The van der Waals surface area contributed by atoms with Crippen LogP contribution in [0.5, 0.6) is 5.75 Å². The SMILES string of the molecule is COCc1ccc(C(=O)Nc2cc(Br)ccc2OC)cc1. The molecule has 0 saturated heterocycles. The lowest BCUT2D eigenvalue weighted by molar-refractivity contribution is 0.102. The van der Waals surface area contributed by atoms with Gasteiger partial charge in [0.05, 0.1) is 19.4 Å². The van der Waals surface area contributed by atoms with Crippen molar-refractivity contribution < 1.29 is 14.3 Å². The van der Waals surface area contributed by atoms with Crippen molar-refractivity contribution in [2.45, 2.75) is 6.61 Å². The zero-order valence-electron chi connectivity index (χ0n) is 11.9. The van der Waals surface area contributed by atoms with Crippen LogP contribution in [0.2, 0.25) is 0 Å². The van der Waals surface area contributed by atoms with Crippen molar-refractivity contribution in [2.75, 3.05) is 19.5 Å². The van der Waals surface area contributed by atoms with E-state index in [0.717, 1.165) is 10.0 Å². The van der Waals surface area contributed by atoms with Crippen LogP contribution in [0, 0.1) is 0 Å². The first-order valence-electron chi connectivity index (χ1n) is 6.37. The Hall–Kier alpha value is -1.85. The van der Waals surface area contributed by atoms with Gasteiger partial charge in [-0.3, -0.25) is 4.79 Å². The summed E-state index contributed by atoms with van der Waals surface area (Å²) in [6.45, 7) is 0.529. The molecule has 0 saturated carbocycles. The second-order valence-corrected chi connectivity index (χ2v) is 5.34. The maximum absolute atomic E-state index is 12.2. The normalized spacial score (nSPS) is 10.2. The van der Waals surface area contributed by atoms with Crippen LogP contribution < -0.4 is 10.1 Å². The molecule has 0 aliphatic carbocycles. The van der Waals surface area contributed by atoms with E-state index in [2.05, 4.69) is 21.2 Å². The van der Waals surface area contributed by atoms with E-state index in [1.807, 2.05) is 18.2 Å². The number of carbonyl (C=O) groups is 1. The number of amides is 1. The summed E-state index contributed by atoms with van der Waals surface area (Å²) in [7, 11) is 3.21. The second kappa shape index (κ2) is 7.24. The van der Waals surface area contributed by atoms with Crippen LogP contribution >= 0.6 is 15.9 Å². The average molecular weight is 350 g/mol. The molecule has 0 bridgehead atoms. The molecule has 110 valence electrons. The summed E-state index contributed by atoms with van der Waals surface area (Å²) in [6, 6.07) is 12.7. The fourth-order valence-electron chi connectivity index (χ4n) is 1.89. The lowest BCUT2D eigenvalue weighted by Gasteiger charge is -2.11. The van der Waals surface area contributed by atoms with E-state index in [9.17, 15) is 4.79 Å². The number of anilines is 1. The van der Waals surface area contributed by atoms with Crippen molar-refractivity contribution in [3.8, 4) is 5.75 Å². The van der Waals surface area contributed by atoms with Gasteiger partial charge in [0.25, 0.3) is 5.91 Å². The van der Waals surface area contributed by atoms with Crippen molar-refractivity contribution in [2.24, 2.45) is 0 Å². The molecule has 2 rings (SSSR count). The van der Waals surface area contributed by atoms with Gasteiger partial charge in [-0.05, 0) is 35.9 Å². The summed E-state index contributed by atoms with van der Waals surface area (Å²) in [5, 5.41) is 2.84. The number of nitrogens with one attached hydrogen (secondary N) is 1. The Labute approximate surface area is 132 Å². The minimum absolute atomic E-state index is 0.185. The Balaban J connectivity index is 2.15. The van der Waals surface area contributed by atoms with Gasteiger partial charge < -0.3 is 14.8 Å². The van der Waals surface area contributed by atoms with Crippen LogP contribution in [0.3, 0.4) is 0 Å². The summed E-state index contributed by atoms with van der Waals surface area (Å²) >= 11 is 3.38. The molecule has 0 aliphatic heterocycles. The van der Waals surface area contributed by atoms with Gasteiger partial charge in [-0.25, -0.2) is 0 Å². The minimum atomic E-state index is -0.185. The highest BCUT2D eigenvalue weighted by molar-refractivity contribution is 9.10.